The number of hydrogen-bond donors (Lipinski definition) is 1. The number of nitrogens with zero attached hydrogens (tertiary/aromatic N) is 4. The molecular formula is C16H21N5O2S. The summed E-state index contributed by atoms with van der Waals surface area (Å²) >= 11 is 1.51. The first-order valence-corrected chi connectivity index (χ1v) is 8.86. The third-order valence-electron chi connectivity index (χ3n) is 3.93. The van der Waals surface area contributed by atoms with Gasteiger partial charge in [0.1, 0.15) is 12.4 Å². The van der Waals surface area contributed by atoms with Crippen molar-refractivity contribution < 1.29 is 9.53 Å². The molecule has 128 valence electrons. The lowest BCUT2D eigenvalue weighted by Crippen LogP contribution is -2.41. The van der Waals surface area contributed by atoms with E-state index >= 15 is 0 Å². The Kier molecular flexibility index (Phi) is 5.37. The Balaban J connectivity index is 1.86. The van der Waals surface area contributed by atoms with Gasteiger partial charge in [-0.25, -0.2) is 15.0 Å². The number of aromatic nitrogens is 3. The number of ether oxygens (including phenoxy) is 1. The molecule has 0 aliphatic carbocycles. The lowest BCUT2D eigenvalue weighted by Gasteiger charge is -2.34. The van der Waals surface area contributed by atoms with E-state index in [9.17, 15) is 4.79 Å². The van der Waals surface area contributed by atoms with E-state index in [2.05, 4.69) is 20.3 Å². The topological polar surface area (TPSA) is 80.2 Å². The molecule has 1 atom stereocenters. The first kappa shape index (κ1) is 16.8. The average molecular weight is 347 g/mol. The summed E-state index contributed by atoms with van der Waals surface area (Å²) in [6, 6.07) is 1.79. The molecule has 1 unspecified atom stereocenters. The number of carbonyl (C=O) groups excluding carboxylic acids is 1. The number of aryl methyl sites for hydroxylation is 1. The van der Waals surface area contributed by atoms with Gasteiger partial charge < -0.3 is 15.0 Å². The number of rotatable bonds is 5. The second-order valence-electron chi connectivity index (χ2n) is 5.75. The number of nitrogens with one attached hydrogen (secondary N) is 1. The number of hydrogen-bond acceptors (Lipinski definition) is 7. The van der Waals surface area contributed by atoms with Crippen molar-refractivity contribution in [1.82, 2.24) is 19.9 Å². The minimum atomic E-state index is -0.0989. The maximum Gasteiger partial charge on any atom is 0.249 e. The summed E-state index contributed by atoms with van der Waals surface area (Å²) in [5, 5.41) is 5.89. The highest BCUT2D eigenvalue weighted by Crippen LogP contribution is 2.30. The summed E-state index contributed by atoms with van der Waals surface area (Å²) in [4.78, 5) is 27.6. The molecule has 8 heteroatoms. The second kappa shape index (κ2) is 7.67. The molecule has 1 aliphatic heterocycles. The van der Waals surface area contributed by atoms with Gasteiger partial charge in [0, 0.05) is 37.0 Å². The Morgan fingerprint density at radius 1 is 1.46 bits per heavy atom. The molecule has 3 rings (SSSR count). The molecule has 2 aromatic heterocycles. The van der Waals surface area contributed by atoms with Crippen molar-refractivity contribution in [3.8, 4) is 0 Å². The van der Waals surface area contributed by atoms with E-state index < -0.39 is 0 Å². The fraction of sp³-hybridized carbons (Fsp3) is 0.500. The molecule has 1 amide bonds. The summed E-state index contributed by atoms with van der Waals surface area (Å²) in [6.45, 7) is 2.74. The van der Waals surface area contributed by atoms with Crippen molar-refractivity contribution in [2.24, 2.45) is 0 Å². The molecule has 0 saturated carbocycles. The lowest BCUT2D eigenvalue weighted by molar-refractivity contribution is -0.139. The molecule has 0 bridgehead atoms. The largest absolute Gasteiger partial charge is 0.375 e. The molecule has 0 aromatic carbocycles. The van der Waals surface area contributed by atoms with Crippen LogP contribution in [0.15, 0.2) is 17.6 Å². The van der Waals surface area contributed by atoms with E-state index in [1.54, 1.807) is 6.20 Å². The van der Waals surface area contributed by atoms with Gasteiger partial charge in [0.25, 0.3) is 0 Å². The molecule has 1 aliphatic rings. The van der Waals surface area contributed by atoms with E-state index in [1.165, 1.54) is 18.4 Å². The molecule has 3 heterocycles. The molecule has 2 aromatic rings. The number of methoxy groups -OCH3 is 1. The number of carbonyl (C=O) groups is 1. The number of piperidine rings is 1. The summed E-state index contributed by atoms with van der Waals surface area (Å²) in [5.41, 5.74) is 0.865. The van der Waals surface area contributed by atoms with Crippen molar-refractivity contribution in [3.63, 3.8) is 0 Å². The van der Waals surface area contributed by atoms with Crippen LogP contribution in [0.25, 0.3) is 0 Å². The van der Waals surface area contributed by atoms with Crippen LogP contribution in [0, 0.1) is 6.92 Å². The summed E-state index contributed by atoms with van der Waals surface area (Å²) in [5.74, 6) is 1.37. The Bertz CT molecular complexity index is 692. The van der Waals surface area contributed by atoms with Gasteiger partial charge in [0.15, 0.2) is 11.0 Å². The predicted octanol–water partition coefficient (Wildman–Crippen LogP) is 2.69. The molecule has 24 heavy (non-hydrogen) atoms. The summed E-state index contributed by atoms with van der Waals surface area (Å²) in [7, 11) is 1.54. The van der Waals surface area contributed by atoms with Crippen LogP contribution >= 0.6 is 11.3 Å². The smallest absolute Gasteiger partial charge is 0.249 e. The van der Waals surface area contributed by atoms with E-state index in [-0.39, 0.29) is 18.6 Å². The maximum absolute atomic E-state index is 12.3. The van der Waals surface area contributed by atoms with E-state index in [0.717, 1.165) is 36.6 Å². The number of anilines is 2. The molecule has 1 N–H and O–H groups in total. The quantitative estimate of drug-likeness (QED) is 0.896. The number of likely N-dealkylation sites (tertiary alicyclic amines) is 1. The van der Waals surface area contributed by atoms with Crippen LogP contribution in [0.1, 0.15) is 36.8 Å². The lowest BCUT2D eigenvalue weighted by atomic mass is 10.0. The number of thiazole rings is 1. The van der Waals surface area contributed by atoms with Crippen LogP contribution in [0.4, 0.5) is 10.9 Å². The van der Waals surface area contributed by atoms with E-state index in [4.69, 9.17) is 4.74 Å². The second-order valence-corrected chi connectivity index (χ2v) is 6.64. The first-order chi connectivity index (χ1) is 11.7. The molecule has 0 radical (unpaired) electrons. The monoisotopic (exact) mass is 347 g/mol. The average Bonchev–Trinajstić information content (AvgIpc) is 3.07. The maximum atomic E-state index is 12.3. The van der Waals surface area contributed by atoms with Gasteiger partial charge in [-0.1, -0.05) is 0 Å². The highest BCUT2D eigenvalue weighted by molar-refractivity contribution is 7.13. The zero-order valence-corrected chi connectivity index (χ0v) is 14.7. The standard InChI is InChI=1S/C16H21N5O2S/c1-11-9-13(20-16-17-6-8-24-16)19-15(18-11)12-5-3-4-7-21(12)14(22)10-23-2/h6,8-9,12H,3-5,7,10H2,1-2H3,(H,17,18,19,20). The van der Waals surface area contributed by atoms with Gasteiger partial charge in [0.05, 0.1) is 6.04 Å². The predicted molar refractivity (Wildman–Crippen MR) is 92.3 cm³/mol. The Labute approximate surface area is 145 Å². The summed E-state index contributed by atoms with van der Waals surface area (Å²) in [6.07, 6.45) is 4.68. The van der Waals surface area contributed by atoms with Crippen LogP contribution in [0.5, 0.6) is 0 Å². The molecular weight excluding hydrogens is 326 g/mol. The first-order valence-electron chi connectivity index (χ1n) is 7.98. The van der Waals surface area contributed by atoms with Crippen LogP contribution in [-0.2, 0) is 9.53 Å². The SMILES string of the molecule is COCC(=O)N1CCCCC1c1nc(C)cc(Nc2nccs2)n1. The normalized spacial score (nSPS) is 17.8. The molecule has 7 nitrogen and oxygen atoms in total. The van der Waals surface area contributed by atoms with Crippen LogP contribution < -0.4 is 5.32 Å². The Morgan fingerprint density at radius 2 is 2.33 bits per heavy atom. The van der Waals surface area contributed by atoms with Crippen LogP contribution in [0.3, 0.4) is 0 Å². The Morgan fingerprint density at radius 3 is 3.08 bits per heavy atom. The highest BCUT2D eigenvalue weighted by Gasteiger charge is 2.30. The minimum absolute atomic E-state index is 0.0123. The zero-order valence-electron chi connectivity index (χ0n) is 13.9. The van der Waals surface area contributed by atoms with Crippen LogP contribution in [-0.4, -0.2) is 46.0 Å². The van der Waals surface area contributed by atoms with Gasteiger partial charge >= 0.3 is 0 Å². The fourth-order valence-corrected chi connectivity index (χ4v) is 3.44. The third kappa shape index (κ3) is 3.88. The zero-order chi connectivity index (χ0) is 16.9. The van der Waals surface area contributed by atoms with Gasteiger partial charge in [-0.15, -0.1) is 11.3 Å². The van der Waals surface area contributed by atoms with Gasteiger partial charge in [-0.05, 0) is 26.2 Å². The van der Waals surface area contributed by atoms with Crippen LogP contribution in [0.2, 0.25) is 0 Å². The van der Waals surface area contributed by atoms with Gasteiger partial charge in [0.2, 0.25) is 5.91 Å². The summed E-state index contributed by atoms with van der Waals surface area (Å²) < 4.78 is 5.01. The highest BCUT2D eigenvalue weighted by atomic mass is 32.1. The van der Waals surface area contributed by atoms with Gasteiger partial charge in [-0.3, -0.25) is 4.79 Å². The number of amides is 1. The van der Waals surface area contributed by atoms with Crippen molar-refractivity contribution in [1.29, 1.82) is 0 Å². The molecule has 1 fully saturated rings. The molecule has 1 saturated heterocycles. The van der Waals surface area contributed by atoms with Crippen molar-refractivity contribution in [3.05, 3.63) is 29.2 Å². The van der Waals surface area contributed by atoms with E-state index in [0.29, 0.717) is 11.6 Å². The Hall–Kier alpha value is -2.06. The third-order valence-corrected chi connectivity index (χ3v) is 4.62. The van der Waals surface area contributed by atoms with Crippen molar-refractivity contribution in [2.45, 2.75) is 32.2 Å². The van der Waals surface area contributed by atoms with Gasteiger partial charge in [-0.2, -0.15) is 0 Å². The van der Waals surface area contributed by atoms with E-state index in [1.807, 2.05) is 23.3 Å². The molecule has 0 spiro atoms. The minimum Gasteiger partial charge on any atom is -0.375 e. The fourth-order valence-electron chi connectivity index (χ4n) is 2.90. The van der Waals surface area contributed by atoms with Crippen molar-refractivity contribution >= 4 is 28.2 Å². The van der Waals surface area contributed by atoms with Crippen molar-refractivity contribution in [2.75, 3.05) is 25.6 Å².